The summed E-state index contributed by atoms with van der Waals surface area (Å²) < 4.78 is 11.9. The standard InChI is InChI=1S/C17H20N4O6/c1-8(2)20-16-10(7-18-20)13(14(21(24)25)17(23)19-16)9-5-11(26-3)15(22)12(6-9)27-4/h5-8,13-14,22H,1-4H3,(H,19,23). The van der Waals surface area contributed by atoms with Crippen LogP contribution >= 0.6 is 0 Å². The molecule has 0 radical (unpaired) electrons. The number of phenols is 1. The second-order valence-electron chi connectivity index (χ2n) is 6.46. The Balaban J connectivity index is 2.25. The predicted molar refractivity (Wildman–Crippen MR) is 95.1 cm³/mol. The number of nitrogens with zero attached hydrogens (tertiary/aromatic N) is 3. The van der Waals surface area contributed by atoms with Crippen molar-refractivity contribution < 1.29 is 24.3 Å². The molecule has 1 amide bonds. The third-order valence-corrected chi connectivity index (χ3v) is 4.56. The Bertz CT molecular complexity index is 882. The van der Waals surface area contributed by atoms with E-state index in [1.165, 1.54) is 32.5 Å². The quantitative estimate of drug-likeness (QED) is 0.602. The normalized spacial score (nSPS) is 18.8. The number of aromatic nitrogens is 2. The van der Waals surface area contributed by atoms with Crippen molar-refractivity contribution >= 4 is 11.7 Å². The zero-order chi connectivity index (χ0) is 19.9. The Hall–Kier alpha value is -3.30. The van der Waals surface area contributed by atoms with Crippen molar-refractivity contribution in [2.75, 3.05) is 19.5 Å². The minimum absolute atomic E-state index is 0.0502. The number of anilines is 1. The number of hydrogen-bond donors (Lipinski definition) is 2. The van der Waals surface area contributed by atoms with Crippen LogP contribution in [-0.2, 0) is 4.79 Å². The van der Waals surface area contributed by atoms with Crippen LogP contribution in [-0.4, -0.2) is 46.0 Å². The van der Waals surface area contributed by atoms with Crippen molar-refractivity contribution in [3.8, 4) is 17.2 Å². The number of rotatable bonds is 5. The zero-order valence-corrected chi connectivity index (χ0v) is 15.3. The molecule has 0 spiro atoms. The van der Waals surface area contributed by atoms with Crippen LogP contribution in [0.1, 0.15) is 36.9 Å². The first kappa shape index (κ1) is 18.5. The van der Waals surface area contributed by atoms with E-state index in [0.29, 0.717) is 16.9 Å². The summed E-state index contributed by atoms with van der Waals surface area (Å²) in [6, 6.07) is 1.33. The molecule has 144 valence electrons. The Morgan fingerprint density at radius 3 is 2.37 bits per heavy atom. The van der Waals surface area contributed by atoms with Crippen molar-refractivity contribution in [3.63, 3.8) is 0 Å². The highest BCUT2D eigenvalue weighted by molar-refractivity contribution is 5.98. The Labute approximate surface area is 154 Å². The molecule has 1 aromatic carbocycles. The summed E-state index contributed by atoms with van der Waals surface area (Å²) in [5.41, 5.74) is 0.919. The highest BCUT2D eigenvalue weighted by atomic mass is 16.6. The number of benzene rings is 1. The SMILES string of the molecule is COc1cc(C2c3cnn(C(C)C)c3NC(=O)C2[N+](=O)[O-])cc(OC)c1O. The number of fused-ring (bicyclic) bond motifs is 1. The topological polar surface area (TPSA) is 129 Å². The number of carbonyl (C=O) groups excluding carboxylic acids is 1. The van der Waals surface area contributed by atoms with E-state index < -0.39 is 22.8 Å². The average Bonchev–Trinajstić information content (AvgIpc) is 3.04. The lowest BCUT2D eigenvalue weighted by Gasteiger charge is -2.27. The van der Waals surface area contributed by atoms with Crippen LogP contribution < -0.4 is 14.8 Å². The van der Waals surface area contributed by atoms with E-state index in [4.69, 9.17) is 9.47 Å². The van der Waals surface area contributed by atoms with Gasteiger partial charge in [-0.25, -0.2) is 4.68 Å². The van der Waals surface area contributed by atoms with E-state index in [9.17, 15) is 20.0 Å². The van der Waals surface area contributed by atoms with Crippen LogP contribution in [0.3, 0.4) is 0 Å². The molecule has 2 N–H and O–H groups in total. The average molecular weight is 376 g/mol. The van der Waals surface area contributed by atoms with Crippen LogP contribution in [0.4, 0.5) is 5.82 Å². The van der Waals surface area contributed by atoms with Gasteiger partial charge in [-0.3, -0.25) is 14.9 Å². The first-order valence-electron chi connectivity index (χ1n) is 8.26. The maximum atomic E-state index is 12.5. The van der Waals surface area contributed by atoms with Crippen LogP contribution in [0.5, 0.6) is 17.2 Å². The monoisotopic (exact) mass is 376 g/mol. The number of aromatic hydroxyl groups is 1. The molecule has 3 rings (SSSR count). The van der Waals surface area contributed by atoms with E-state index in [2.05, 4.69) is 10.4 Å². The van der Waals surface area contributed by atoms with Gasteiger partial charge in [0, 0.05) is 16.5 Å². The fourth-order valence-corrected chi connectivity index (χ4v) is 3.31. The van der Waals surface area contributed by atoms with Crippen molar-refractivity contribution in [1.82, 2.24) is 9.78 Å². The molecule has 2 atom stereocenters. The molecule has 2 heterocycles. The number of methoxy groups -OCH3 is 2. The molecule has 10 nitrogen and oxygen atoms in total. The molecule has 1 aromatic heterocycles. The summed E-state index contributed by atoms with van der Waals surface area (Å²) in [7, 11) is 2.72. The fraction of sp³-hybridized carbons (Fsp3) is 0.412. The number of nitro groups is 1. The molecule has 10 heteroatoms. The summed E-state index contributed by atoms with van der Waals surface area (Å²) in [5, 5.41) is 28.7. The van der Waals surface area contributed by atoms with E-state index in [-0.39, 0.29) is 23.3 Å². The maximum Gasteiger partial charge on any atom is 0.301 e. The molecular formula is C17H20N4O6. The Kier molecular flexibility index (Phi) is 4.64. The first-order valence-corrected chi connectivity index (χ1v) is 8.26. The van der Waals surface area contributed by atoms with Gasteiger partial charge in [0.25, 0.3) is 0 Å². The number of ether oxygens (including phenoxy) is 2. The summed E-state index contributed by atoms with van der Waals surface area (Å²) in [4.78, 5) is 23.6. The van der Waals surface area contributed by atoms with Gasteiger partial charge in [-0.15, -0.1) is 0 Å². The molecule has 1 aliphatic heterocycles. The molecule has 2 aromatic rings. The van der Waals surface area contributed by atoms with Crippen molar-refractivity contribution in [3.05, 3.63) is 39.6 Å². The molecule has 1 aliphatic rings. The van der Waals surface area contributed by atoms with Gasteiger partial charge in [-0.1, -0.05) is 0 Å². The number of hydrogen-bond acceptors (Lipinski definition) is 7. The Morgan fingerprint density at radius 2 is 1.89 bits per heavy atom. The summed E-state index contributed by atoms with van der Waals surface area (Å²) in [6.45, 7) is 3.78. The van der Waals surface area contributed by atoms with E-state index in [0.717, 1.165) is 0 Å². The van der Waals surface area contributed by atoms with E-state index in [1.54, 1.807) is 4.68 Å². The van der Waals surface area contributed by atoms with Gasteiger partial charge in [0.1, 0.15) is 5.82 Å². The third-order valence-electron chi connectivity index (χ3n) is 4.56. The Morgan fingerprint density at radius 1 is 1.30 bits per heavy atom. The second-order valence-corrected chi connectivity index (χ2v) is 6.46. The zero-order valence-electron chi connectivity index (χ0n) is 15.3. The van der Waals surface area contributed by atoms with E-state index in [1.807, 2.05) is 13.8 Å². The number of nitrogens with one attached hydrogen (secondary N) is 1. The molecule has 0 saturated carbocycles. The van der Waals surface area contributed by atoms with Gasteiger partial charge in [0.2, 0.25) is 5.75 Å². The highest BCUT2D eigenvalue weighted by Gasteiger charge is 2.47. The van der Waals surface area contributed by atoms with E-state index >= 15 is 0 Å². The molecule has 2 unspecified atom stereocenters. The van der Waals surface area contributed by atoms with Crippen LogP contribution in [0, 0.1) is 10.1 Å². The smallest absolute Gasteiger partial charge is 0.301 e. The molecule has 0 aliphatic carbocycles. The predicted octanol–water partition coefficient (Wildman–Crippen LogP) is 1.92. The number of phenolic OH excluding ortho intramolecular Hbond substituents is 1. The summed E-state index contributed by atoms with van der Waals surface area (Å²) in [5.74, 6) is -1.26. The van der Waals surface area contributed by atoms with Gasteiger partial charge in [-0.2, -0.15) is 5.10 Å². The van der Waals surface area contributed by atoms with Gasteiger partial charge in [0.15, 0.2) is 11.5 Å². The largest absolute Gasteiger partial charge is 0.502 e. The van der Waals surface area contributed by atoms with Gasteiger partial charge in [-0.05, 0) is 31.5 Å². The maximum absolute atomic E-state index is 12.5. The summed E-state index contributed by atoms with van der Waals surface area (Å²) in [6.07, 6.45) is 1.52. The van der Waals surface area contributed by atoms with Crippen molar-refractivity contribution in [2.45, 2.75) is 31.8 Å². The second kappa shape index (κ2) is 6.78. The van der Waals surface area contributed by atoms with Crippen LogP contribution in [0.2, 0.25) is 0 Å². The van der Waals surface area contributed by atoms with Crippen LogP contribution in [0.25, 0.3) is 0 Å². The summed E-state index contributed by atoms with van der Waals surface area (Å²) >= 11 is 0. The minimum Gasteiger partial charge on any atom is -0.502 e. The number of carbonyl (C=O) groups is 1. The van der Waals surface area contributed by atoms with Crippen molar-refractivity contribution in [1.29, 1.82) is 0 Å². The molecular weight excluding hydrogens is 356 g/mol. The molecule has 0 saturated heterocycles. The highest BCUT2D eigenvalue weighted by Crippen LogP contribution is 2.45. The lowest BCUT2D eigenvalue weighted by atomic mass is 9.83. The van der Waals surface area contributed by atoms with Crippen molar-refractivity contribution in [2.24, 2.45) is 0 Å². The van der Waals surface area contributed by atoms with Gasteiger partial charge < -0.3 is 19.9 Å². The third kappa shape index (κ3) is 2.92. The number of amides is 1. The lowest BCUT2D eigenvalue weighted by Crippen LogP contribution is -2.44. The molecule has 0 bridgehead atoms. The minimum atomic E-state index is -1.55. The van der Waals surface area contributed by atoms with Gasteiger partial charge in [0.05, 0.1) is 26.3 Å². The molecule has 0 fully saturated rings. The fourth-order valence-electron chi connectivity index (χ4n) is 3.31. The lowest BCUT2D eigenvalue weighted by molar-refractivity contribution is -0.509. The van der Waals surface area contributed by atoms with Crippen LogP contribution in [0.15, 0.2) is 18.3 Å². The molecule has 27 heavy (non-hydrogen) atoms. The van der Waals surface area contributed by atoms with Gasteiger partial charge >= 0.3 is 11.9 Å². The first-order chi connectivity index (χ1) is 12.8.